The van der Waals surface area contributed by atoms with Crippen molar-refractivity contribution in [2.45, 2.75) is 12.8 Å². The van der Waals surface area contributed by atoms with Crippen LogP contribution in [0.4, 0.5) is 0 Å². The van der Waals surface area contributed by atoms with Gasteiger partial charge >= 0.3 is 5.97 Å². The zero-order valence-corrected chi connectivity index (χ0v) is 14.1. The SMILES string of the molecule is COc1c(CCC(=O)O)ccc(-c2ccccc2)c1-c1ccccc1. The van der Waals surface area contributed by atoms with Crippen LogP contribution < -0.4 is 4.74 Å². The molecule has 0 saturated heterocycles. The number of carboxylic acids is 1. The minimum atomic E-state index is -0.810. The van der Waals surface area contributed by atoms with Gasteiger partial charge in [0.1, 0.15) is 5.75 Å². The Balaban J connectivity index is 2.21. The summed E-state index contributed by atoms with van der Waals surface area (Å²) in [6, 6.07) is 24.2. The van der Waals surface area contributed by atoms with Crippen LogP contribution >= 0.6 is 0 Å². The molecule has 3 rings (SSSR count). The van der Waals surface area contributed by atoms with Gasteiger partial charge in [0.2, 0.25) is 0 Å². The summed E-state index contributed by atoms with van der Waals surface area (Å²) in [5.41, 5.74) is 5.13. The van der Waals surface area contributed by atoms with Crippen molar-refractivity contribution in [2.24, 2.45) is 0 Å². The van der Waals surface area contributed by atoms with Crippen LogP contribution in [0.15, 0.2) is 72.8 Å². The standard InChI is InChI=1S/C22H20O3/c1-25-22-18(13-15-20(23)24)12-14-19(16-8-4-2-5-9-16)21(22)17-10-6-3-7-11-17/h2-12,14H,13,15H2,1H3,(H,23,24). The molecule has 3 aromatic rings. The molecule has 0 amide bonds. The maximum Gasteiger partial charge on any atom is 0.303 e. The molecule has 126 valence electrons. The number of aliphatic carboxylic acids is 1. The molecule has 0 saturated carbocycles. The van der Waals surface area contributed by atoms with Crippen molar-refractivity contribution in [3.05, 3.63) is 78.4 Å². The molecule has 0 atom stereocenters. The second-order valence-electron chi connectivity index (χ2n) is 5.81. The molecule has 3 aromatic carbocycles. The van der Waals surface area contributed by atoms with Gasteiger partial charge in [0.15, 0.2) is 0 Å². The van der Waals surface area contributed by atoms with Crippen molar-refractivity contribution in [2.75, 3.05) is 7.11 Å². The Morgan fingerprint density at radius 2 is 1.48 bits per heavy atom. The number of hydrogen-bond donors (Lipinski definition) is 1. The van der Waals surface area contributed by atoms with E-state index in [-0.39, 0.29) is 6.42 Å². The molecule has 0 aliphatic carbocycles. The molecule has 0 bridgehead atoms. The lowest BCUT2D eigenvalue weighted by Crippen LogP contribution is -2.01. The third-order valence-corrected chi connectivity index (χ3v) is 4.20. The monoisotopic (exact) mass is 332 g/mol. The van der Waals surface area contributed by atoms with Gasteiger partial charge < -0.3 is 9.84 Å². The highest BCUT2D eigenvalue weighted by Crippen LogP contribution is 2.41. The second kappa shape index (κ2) is 7.67. The van der Waals surface area contributed by atoms with Crippen LogP contribution in [-0.4, -0.2) is 18.2 Å². The zero-order valence-electron chi connectivity index (χ0n) is 14.1. The van der Waals surface area contributed by atoms with Gasteiger partial charge in [-0.15, -0.1) is 0 Å². The summed E-state index contributed by atoms with van der Waals surface area (Å²) in [6.07, 6.45) is 0.517. The fourth-order valence-corrected chi connectivity index (χ4v) is 3.05. The highest BCUT2D eigenvalue weighted by atomic mass is 16.5. The second-order valence-corrected chi connectivity index (χ2v) is 5.81. The molecule has 3 heteroatoms. The maximum atomic E-state index is 11.0. The Labute approximate surface area is 147 Å². The molecule has 0 unspecified atom stereocenters. The number of carbonyl (C=O) groups is 1. The summed E-state index contributed by atoms with van der Waals surface area (Å²) >= 11 is 0. The van der Waals surface area contributed by atoms with Crippen LogP contribution in [0.2, 0.25) is 0 Å². The van der Waals surface area contributed by atoms with Crippen LogP contribution in [0.5, 0.6) is 5.75 Å². The van der Waals surface area contributed by atoms with Gasteiger partial charge in [-0.1, -0.05) is 72.8 Å². The van der Waals surface area contributed by atoms with Crippen molar-refractivity contribution in [3.8, 4) is 28.0 Å². The highest BCUT2D eigenvalue weighted by Gasteiger charge is 2.17. The van der Waals surface area contributed by atoms with Gasteiger partial charge in [0, 0.05) is 12.0 Å². The van der Waals surface area contributed by atoms with Crippen LogP contribution in [0.3, 0.4) is 0 Å². The molecular weight excluding hydrogens is 312 g/mol. The summed E-state index contributed by atoms with van der Waals surface area (Å²) in [7, 11) is 1.64. The minimum absolute atomic E-state index is 0.0786. The van der Waals surface area contributed by atoms with Crippen molar-refractivity contribution < 1.29 is 14.6 Å². The first-order chi connectivity index (χ1) is 12.2. The average Bonchev–Trinajstić information content (AvgIpc) is 2.66. The average molecular weight is 332 g/mol. The maximum absolute atomic E-state index is 11.0. The van der Waals surface area contributed by atoms with Gasteiger partial charge in [-0.2, -0.15) is 0 Å². The molecule has 1 N–H and O–H groups in total. The molecule has 0 radical (unpaired) electrons. The number of benzene rings is 3. The van der Waals surface area contributed by atoms with E-state index in [1.807, 2.05) is 54.6 Å². The number of ether oxygens (including phenoxy) is 1. The Kier molecular flexibility index (Phi) is 5.14. The molecule has 25 heavy (non-hydrogen) atoms. The summed E-state index contributed by atoms with van der Waals surface area (Å²) in [4.78, 5) is 11.0. The van der Waals surface area contributed by atoms with E-state index in [1.165, 1.54) is 0 Å². The lowest BCUT2D eigenvalue weighted by atomic mass is 9.90. The lowest BCUT2D eigenvalue weighted by Gasteiger charge is -2.18. The molecule has 0 aromatic heterocycles. The fraction of sp³-hybridized carbons (Fsp3) is 0.136. The molecule has 0 heterocycles. The third-order valence-electron chi connectivity index (χ3n) is 4.20. The van der Waals surface area contributed by atoms with Crippen molar-refractivity contribution in [1.82, 2.24) is 0 Å². The highest BCUT2D eigenvalue weighted by molar-refractivity contribution is 5.88. The van der Waals surface area contributed by atoms with E-state index in [4.69, 9.17) is 9.84 Å². The first kappa shape index (κ1) is 16.8. The van der Waals surface area contributed by atoms with Gasteiger partial charge in [0.05, 0.1) is 7.11 Å². The van der Waals surface area contributed by atoms with E-state index >= 15 is 0 Å². The Morgan fingerprint density at radius 3 is 2.04 bits per heavy atom. The molecule has 0 aliphatic rings. The number of carboxylic acid groups (broad SMARTS) is 1. The van der Waals surface area contributed by atoms with Gasteiger partial charge in [0.25, 0.3) is 0 Å². The van der Waals surface area contributed by atoms with E-state index < -0.39 is 5.97 Å². The molecule has 0 aliphatic heterocycles. The predicted molar refractivity (Wildman–Crippen MR) is 99.8 cm³/mol. The zero-order chi connectivity index (χ0) is 17.6. The Bertz CT molecular complexity index is 855. The molecule has 0 fully saturated rings. The third kappa shape index (κ3) is 3.72. The van der Waals surface area contributed by atoms with E-state index in [9.17, 15) is 4.79 Å². The minimum Gasteiger partial charge on any atom is -0.496 e. The summed E-state index contributed by atoms with van der Waals surface area (Å²) < 4.78 is 5.73. The van der Waals surface area contributed by atoms with Gasteiger partial charge in [-0.05, 0) is 28.7 Å². The van der Waals surface area contributed by atoms with E-state index in [0.717, 1.165) is 33.6 Å². The van der Waals surface area contributed by atoms with Gasteiger partial charge in [-0.3, -0.25) is 4.79 Å². The van der Waals surface area contributed by atoms with Crippen molar-refractivity contribution in [1.29, 1.82) is 0 Å². The van der Waals surface area contributed by atoms with E-state index in [2.05, 4.69) is 18.2 Å². The summed E-state index contributed by atoms with van der Waals surface area (Å²) in [5.74, 6) is -0.0655. The van der Waals surface area contributed by atoms with Crippen LogP contribution in [0, 0.1) is 0 Å². The lowest BCUT2D eigenvalue weighted by molar-refractivity contribution is -0.136. The van der Waals surface area contributed by atoms with Crippen LogP contribution in [-0.2, 0) is 11.2 Å². The smallest absolute Gasteiger partial charge is 0.303 e. The number of aryl methyl sites for hydroxylation is 1. The van der Waals surface area contributed by atoms with Crippen LogP contribution in [0.1, 0.15) is 12.0 Å². The normalized spacial score (nSPS) is 10.4. The largest absolute Gasteiger partial charge is 0.496 e. The number of hydrogen-bond acceptors (Lipinski definition) is 2. The summed E-state index contributed by atoms with van der Waals surface area (Å²) in [5, 5.41) is 9.02. The summed E-state index contributed by atoms with van der Waals surface area (Å²) in [6.45, 7) is 0. The van der Waals surface area contributed by atoms with Gasteiger partial charge in [-0.25, -0.2) is 0 Å². The molecule has 3 nitrogen and oxygen atoms in total. The first-order valence-electron chi connectivity index (χ1n) is 8.23. The number of methoxy groups -OCH3 is 1. The Hall–Kier alpha value is -3.07. The van der Waals surface area contributed by atoms with Crippen molar-refractivity contribution >= 4 is 5.97 Å². The number of rotatable bonds is 6. The molecular formula is C22H20O3. The van der Waals surface area contributed by atoms with Crippen LogP contribution in [0.25, 0.3) is 22.3 Å². The predicted octanol–water partition coefficient (Wildman–Crippen LogP) is 5.05. The Morgan fingerprint density at radius 1 is 0.880 bits per heavy atom. The topological polar surface area (TPSA) is 46.5 Å². The quantitative estimate of drug-likeness (QED) is 0.687. The van der Waals surface area contributed by atoms with E-state index in [0.29, 0.717) is 6.42 Å². The first-order valence-corrected chi connectivity index (χ1v) is 8.23. The van der Waals surface area contributed by atoms with Crippen molar-refractivity contribution in [3.63, 3.8) is 0 Å². The fourth-order valence-electron chi connectivity index (χ4n) is 3.05. The van der Waals surface area contributed by atoms with E-state index in [1.54, 1.807) is 7.11 Å². The molecule has 0 spiro atoms.